The molecular formula is C20H27N5O3. The average molecular weight is 385 g/mol. The quantitative estimate of drug-likeness (QED) is 0.631. The Balaban J connectivity index is 1.71. The summed E-state index contributed by atoms with van der Waals surface area (Å²) in [7, 11) is 3.07. The van der Waals surface area contributed by atoms with Crippen molar-refractivity contribution >= 4 is 11.2 Å². The van der Waals surface area contributed by atoms with Crippen LogP contribution >= 0.6 is 0 Å². The Morgan fingerprint density at radius 1 is 1.07 bits per heavy atom. The first-order valence-electron chi connectivity index (χ1n) is 9.53. The lowest BCUT2D eigenvalue weighted by Crippen LogP contribution is -2.36. The molecule has 0 amide bonds. The van der Waals surface area contributed by atoms with Crippen molar-refractivity contribution < 1.29 is 4.74 Å². The average Bonchev–Trinajstić information content (AvgIpc) is 3.13. The van der Waals surface area contributed by atoms with Crippen LogP contribution in [-0.2, 0) is 20.5 Å². The number of hydrogen-bond acceptors (Lipinski definition) is 5. The van der Waals surface area contributed by atoms with E-state index < -0.39 is 0 Å². The SMILES string of the molecule is CCN(CC)CCOc1ccc(Cc2nc3c([nH]2)c(=O)n(C)c(=O)n3C)cc1. The van der Waals surface area contributed by atoms with Crippen LogP contribution in [0.5, 0.6) is 5.75 Å². The molecule has 0 fully saturated rings. The highest BCUT2D eigenvalue weighted by Gasteiger charge is 2.13. The van der Waals surface area contributed by atoms with Gasteiger partial charge in [-0.05, 0) is 30.8 Å². The minimum absolute atomic E-state index is 0.343. The van der Waals surface area contributed by atoms with E-state index in [1.807, 2.05) is 24.3 Å². The zero-order chi connectivity index (χ0) is 20.3. The second kappa shape index (κ2) is 8.43. The summed E-state index contributed by atoms with van der Waals surface area (Å²) < 4.78 is 8.26. The molecule has 0 saturated heterocycles. The molecule has 0 radical (unpaired) electrons. The first-order chi connectivity index (χ1) is 13.4. The molecule has 3 aromatic rings. The monoisotopic (exact) mass is 385 g/mol. The Labute approximate surface area is 163 Å². The van der Waals surface area contributed by atoms with Gasteiger partial charge in [0.1, 0.15) is 23.7 Å². The maximum absolute atomic E-state index is 12.3. The van der Waals surface area contributed by atoms with E-state index in [0.717, 1.165) is 35.5 Å². The summed E-state index contributed by atoms with van der Waals surface area (Å²) in [6.07, 6.45) is 0.533. The topological polar surface area (TPSA) is 85.2 Å². The smallest absolute Gasteiger partial charge is 0.332 e. The molecule has 0 spiro atoms. The predicted molar refractivity (Wildman–Crippen MR) is 109 cm³/mol. The molecule has 0 aliphatic rings. The highest BCUT2D eigenvalue weighted by Crippen LogP contribution is 2.15. The summed E-state index contributed by atoms with van der Waals surface area (Å²) in [5.41, 5.74) is 1.00. The van der Waals surface area contributed by atoms with Gasteiger partial charge in [0.2, 0.25) is 0 Å². The fourth-order valence-corrected chi connectivity index (χ4v) is 3.19. The van der Waals surface area contributed by atoms with Gasteiger partial charge in [0.25, 0.3) is 5.56 Å². The molecule has 0 atom stereocenters. The Morgan fingerprint density at radius 2 is 1.75 bits per heavy atom. The van der Waals surface area contributed by atoms with Gasteiger partial charge in [0, 0.05) is 27.1 Å². The van der Waals surface area contributed by atoms with Gasteiger partial charge < -0.3 is 14.6 Å². The third-order valence-electron chi connectivity index (χ3n) is 5.01. The van der Waals surface area contributed by atoms with E-state index in [4.69, 9.17) is 4.74 Å². The number of H-pyrrole nitrogens is 1. The molecule has 0 aliphatic carbocycles. The lowest BCUT2D eigenvalue weighted by atomic mass is 10.1. The van der Waals surface area contributed by atoms with E-state index in [1.165, 1.54) is 11.6 Å². The molecule has 2 heterocycles. The van der Waals surface area contributed by atoms with Crippen molar-refractivity contribution in [3.05, 3.63) is 56.5 Å². The third kappa shape index (κ3) is 4.01. The van der Waals surface area contributed by atoms with Gasteiger partial charge in [0.15, 0.2) is 5.65 Å². The summed E-state index contributed by atoms with van der Waals surface area (Å²) >= 11 is 0. The van der Waals surface area contributed by atoms with Crippen LogP contribution in [0.2, 0.25) is 0 Å². The van der Waals surface area contributed by atoms with Gasteiger partial charge in [-0.15, -0.1) is 0 Å². The van der Waals surface area contributed by atoms with Crippen molar-refractivity contribution in [1.29, 1.82) is 0 Å². The molecular weight excluding hydrogens is 358 g/mol. The molecule has 0 aliphatic heterocycles. The summed E-state index contributed by atoms with van der Waals surface area (Å²) in [5, 5.41) is 0. The number of imidazole rings is 1. The van der Waals surface area contributed by atoms with Crippen LogP contribution in [0.25, 0.3) is 11.2 Å². The second-order valence-electron chi connectivity index (χ2n) is 6.78. The van der Waals surface area contributed by atoms with Crippen LogP contribution in [0.4, 0.5) is 0 Å². The van der Waals surface area contributed by atoms with Gasteiger partial charge in [0.05, 0.1) is 0 Å². The first kappa shape index (κ1) is 19.9. The van der Waals surface area contributed by atoms with Gasteiger partial charge in [-0.3, -0.25) is 13.9 Å². The van der Waals surface area contributed by atoms with Gasteiger partial charge >= 0.3 is 5.69 Å². The molecule has 1 aromatic carbocycles. The van der Waals surface area contributed by atoms with E-state index in [9.17, 15) is 9.59 Å². The van der Waals surface area contributed by atoms with E-state index in [2.05, 4.69) is 28.7 Å². The maximum Gasteiger partial charge on any atom is 0.332 e. The number of hydrogen-bond donors (Lipinski definition) is 1. The van der Waals surface area contributed by atoms with Crippen molar-refractivity contribution in [2.45, 2.75) is 20.3 Å². The zero-order valence-corrected chi connectivity index (χ0v) is 16.9. The van der Waals surface area contributed by atoms with E-state index in [0.29, 0.717) is 30.0 Å². The summed E-state index contributed by atoms with van der Waals surface area (Å²) in [5.74, 6) is 1.47. The number of ether oxygens (including phenoxy) is 1. The number of aromatic nitrogens is 4. The molecule has 8 heteroatoms. The normalized spacial score (nSPS) is 11.5. The summed E-state index contributed by atoms with van der Waals surface area (Å²) in [4.78, 5) is 34.1. The largest absolute Gasteiger partial charge is 0.492 e. The molecule has 2 aromatic heterocycles. The molecule has 3 rings (SSSR count). The van der Waals surface area contributed by atoms with Crippen LogP contribution in [0.1, 0.15) is 25.2 Å². The minimum atomic E-state index is -0.387. The number of nitrogens with zero attached hydrogens (tertiary/aromatic N) is 4. The summed E-state index contributed by atoms with van der Waals surface area (Å²) in [6.45, 7) is 7.88. The highest BCUT2D eigenvalue weighted by molar-refractivity contribution is 5.69. The predicted octanol–water partition coefficient (Wildman–Crippen LogP) is 1.27. The molecule has 0 saturated carbocycles. The van der Waals surface area contributed by atoms with Crippen molar-refractivity contribution in [3.8, 4) is 5.75 Å². The lowest BCUT2D eigenvalue weighted by Gasteiger charge is -2.18. The van der Waals surface area contributed by atoms with Crippen LogP contribution < -0.4 is 16.0 Å². The molecule has 8 nitrogen and oxygen atoms in total. The Kier molecular flexibility index (Phi) is 5.99. The van der Waals surface area contributed by atoms with Crippen LogP contribution in [-0.4, -0.2) is 50.2 Å². The third-order valence-corrected chi connectivity index (χ3v) is 5.01. The number of rotatable bonds is 8. The van der Waals surface area contributed by atoms with Gasteiger partial charge in [-0.25, -0.2) is 9.78 Å². The van der Waals surface area contributed by atoms with E-state index in [1.54, 1.807) is 7.05 Å². The maximum atomic E-state index is 12.3. The molecule has 150 valence electrons. The van der Waals surface area contributed by atoms with Crippen LogP contribution in [0.3, 0.4) is 0 Å². The van der Waals surface area contributed by atoms with Crippen molar-refractivity contribution in [2.75, 3.05) is 26.2 Å². The number of aromatic amines is 1. The lowest BCUT2D eigenvalue weighted by molar-refractivity contribution is 0.223. The number of likely N-dealkylation sites (N-methyl/N-ethyl adjacent to an activating group) is 1. The number of aryl methyl sites for hydroxylation is 1. The van der Waals surface area contributed by atoms with Crippen molar-refractivity contribution in [3.63, 3.8) is 0 Å². The molecule has 0 unspecified atom stereocenters. The van der Waals surface area contributed by atoms with Gasteiger partial charge in [-0.2, -0.15) is 0 Å². The van der Waals surface area contributed by atoms with E-state index >= 15 is 0 Å². The zero-order valence-electron chi connectivity index (χ0n) is 16.9. The van der Waals surface area contributed by atoms with Crippen molar-refractivity contribution in [1.82, 2.24) is 24.0 Å². The fourth-order valence-electron chi connectivity index (χ4n) is 3.19. The second-order valence-corrected chi connectivity index (χ2v) is 6.78. The van der Waals surface area contributed by atoms with Crippen LogP contribution in [0.15, 0.2) is 33.9 Å². The molecule has 0 bridgehead atoms. The number of nitrogens with one attached hydrogen (secondary N) is 1. The number of fused-ring (bicyclic) bond motifs is 1. The Hall–Kier alpha value is -2.87. The van der Waals surface area contributed by atoms with Gasteiger partial charge in [-0.1, -0.05) is 26.0 Å². The number of benzene rings is 1. The first-order valence-corrected chi connectivity index (χ1v) is 9.53. The summed E-state index contributed by atoms with van der Waals surface area (Å²) in [6, 6.07) is 7.85. The van der Waals surface area contributed by atoms with Crippen molar-refractivity contribution in [2.24, 2.45) is 14.1 Å². The van der Waals surface area contributed by atoms with E-state index in [-0.39, 0.29) is 11.2 Å². The molecule has 1 N–H and O–H groups in total. The fraction of sp³-hybridized carbons (Fsp3) is 0.450. The molecule has 28 heavy (non-hydrogen) atoms. The highest BCUT2D eigenvalue weighted by atomic mass is 16.5. The Bertz CT molecular complexity index is 1060. The minimum Gasteiger partial charge on any atom is -0.492 e. The standard InChI is InChI=1S/C20H27N5O3/c1-5-25(6-2)11-12-28-15-9-7-14(8-10-15)13-16-21-17-18(22-16)23(3)20(27)24(4)19(17)26/h7-10H,5-6,11-13H2,1-4H3,(H,21,22). The Morgan fingerprint density at radius 3 is 2.39 bits per heavy atom. The van der Waals surface area contributed by atoms with Crippen LogP contribution in [0, 0.1) is 0 Å².